The molecule has 102 valence electrons. The minimum absolute atomic E-state index is 0.00201. The summed E-state index contributed by atoms with van der Waals surface area (Å²) in [4.78, 5) is 10.5. The summed E-state index contributed by atoms with van der Waals surface area (Å²) in [5, 5.41) is 15.2. The van der Waals surface area contributed by atoms with Crippen molar-refractivity contribution in [1.29, 1.82) is 0 Å². The first-order valence-corrected chi connectivity index (χ1v) is 7.51. The van der Waals surface area contributed by atoms with Crippen LogP contribution in [0.1, 0.15) is 18.5 Å². The summed E-state index contributed by atoms with van der Waals surface area (Å²) in [6, 6.07) is 5.83. The highest BCUT2D eigenvalue weighted by atomic mass is 32.2. The SMILES string of the molecule is CC(NC1C=CS(=O)(=O)C1)c1ccccc1[N+](=O)[O-]. The number of rotatable bonds is 4. The molecule has 19 heavy (non-hydrogen) atoms. The van der Waals surface area contributed by atoms with Gasteiger partial charge >= 0.3 is 0 Å². The topological polar surface area (TPSA) is 89.3 Å². The quantitative estimate of drug-likeness (QED) is 0.668. The molecule has 1 N–H and O–H groups in total. The normalized spacial score (nSPS) is 22.3. The van der Waals surface area contributed by atoms with Crippen molar-refractivity contribution >= 4 is 15.5 Å². The lowest BCUT2D eigenvalue weighted by atomic mass is 10.1. The fourth-order valence-corrected chi connectivity index (χ4v) is 3.36. The van der Waals surface area contributed by atoms with Crippen molar-refractivity contribution in [3.8, 4) is 0 Å². The molecule has 0 aliphatic carbocycles. The Morgan fingerprint density at radius 2 is 2.11 bits per heavy atom. The second-order valence-electron chi connectivity index (χ2n) is 4.47. The summed E-state index contributed by atoms with van der Waals surface area (Å²) >= 11 is 0. The van der Waals surface area contributed by atoms with E-state index in [4.69, 9.17) is 0 Å². The standard InChI is InChI=1S/C12H14N2O4S/c1-9(13-10-6-7-19(17,18)8-10)11-4-2-3-5-12(11)14(15)16/h2-7,9-10,13H,8H2,1H3. The number of nitro groups is 1. The van der Waals surface area contributed by atoms with Gasteiger partial charge in [0.1, 0.15) is 0 Å². The van der Waals surface area contributed by atoms with Gasteiger partial charge in [0.25, 0.3) is 5.69 Å². The summed E-state index contributed by atoms with van der Waals surface area (Å²) in [7, 11) is -3.13. The Morgan fingerprint density at radius 1 is 1.42 bits per heavy atom. The van der Waals surface area contributed by atoms with E-state index in [9.17, 15) is 18.5 Å². The Kier molecular flexibility index (Phi) is 3.68. The van der Waals surface area contributed by atoms with Crippen molar-refractivity contribution in [1.82, 2.24) is 5.32 Å². The van der Waals surface area contributed by atoms with Crippen LogP contribution in [-0.2, 0) is 9.84 Å². The fraction of sp³-hybridized carbons (Fsp3) is 0.333. The maximum absolute atomic E-state index is 11.3. The molecule has 0 fully saturated rings. The number of nitrogens with zero attached hydrogens (tertiary/aromatic N) is 1. The minimum atomic E-state index is -3.13. The Balaban J connectivity index is 2.15. The molecule has 0 aromatic heterocycles. The Hall–Kier alpha value is -1.73. The molecule has 0 spiro atoms. The van der Waals surface area contributed by atoms with E-state index in [-0.39, 0.29) is 23.5 Å². The lowest BCUT2D eigenvalue weighted by molar-refractivity contribution is -0.385. The first-order valence-electron chi connectivity index (χ1n) is 5.79. The molecule has 6 nitrogen and oxygen atoms in total. The van der Waals surface area contributed by atoms with E-state index in [1.807, 2.05) is 0 Å². The highest BCUT2D eigenvalue weighted by Gasteiger charge is 2.25. The molecule has 0 radical (unpaired) electrons. The summed E-state index contributed by atoms with van der Waals surface area (Å²) in [5.41, 5.74) is 0.581. The predicted octanol–water partition coefficient (Wildman–Crippen LogP) is 1.56. The van der Waals surface area contributed by atoms with Gasteiger partial charge in [-0.1, -0.05) is 24.3 Å². The van der Waals surface area contributed by atoms with Gasteiger partial charge in [-0.25, -0.2) is 8.42 Å². The molecule has 1 heterocycles. The summed E-state index contributed by atoms with van der Waals surface area (Å²) in [6.45, 7) is 1.78. The molecule has 2 rings (SSSR count). The van der Waals surface area contributed by atoms with Crippen LogP contribution in [0.25, 0.3) is 0 Å². The zero-order chi connectivity index (χ0) is 14.0. The molecule has 7 heteroatoms. The lowest BCUT2D eigenvalue weighted by Gasteiger charge is -2.17. The Labute approximate surface area is 111 Å². The van der Waals surface area contributed by atoms with Gasteiger partial charge in [-0.05, 0) is 6.92 Å². The van der Waals surface area contributed by atoms with Crippen molar-refractivity contribution in [3.63, 3.8) is 0 Å². The molecule has 0 bridgehead atoms. The zero-order valence-corrected chi connectivity index (χ0v) is 11.1. The number of sulfone groups is 1. The van der Waals surface area contributed by atoms with Crippen LogP contribution in [0, 0.1) is 10.1 Å². The zero-order valence-electron chi connectivity index (χ0n) is 10.3. The van der Waals surface area contributed by atoms with E-state index in [1.165, 1.54) is 11.5 Å². The minimum Gasteiger partial charge on any atom is -0.303 e. The van der Waals surface area contributed by atoms with Gasteiger partial charge in [0.15, 0.2) is 9.84 Å². The van der Waals surface area contributed by atoms with Crippen molar-refractivity contribution in [2.45, 2.75) is 19.0 Å². The van der Waals surface area contributed by atoms with Crippen LogP contribution in [0.4, 0.5) is 5.69 Å². The van der Waals surface area contributed by atoms with Crippen LogP contribution < -0.4 is 5.32 Å². The fourth-order valence-electron chi connectivity index (χ4n) is 2.11. The van der Waals surface area contributed by atoms with Gasteiger partial charge in [-0.3, -0.25) is 10.1 Å². The monoisotopic (exact) mass is 282 g/mol. The van der Waals surface area contributed by atoms with E-state index in [0.29, 0.717) is 5.56 Å². The maximum atomic E-state index is 11.3. The van der Waals surface area contributed by atoms with Crippen molar-refractivity contribution < 1.29 is 13.3 Å². The largest absolute Gasteiger partial charge is 0.303 e. The number of nitrogens with one attached hydrogen (secondary N) is 1. The van der Waals surface area contributed by atoms with Gasteiger partial charge in [-0.2, -0.15) is 0 Å². The van der Waals surface area contributed by atoms with Crippen LogP contribution in [-0.4, -0.2) is 25.1 Å². The van der Waals surface area contributed by atoms with E-state index >= 15 is 0 Å². The smallest absolute Gasteiger partial charge is 0.274 e. The number of para-hydroxylation sites is 1. The number of hydrogen-bond acceptors (Lipinski definition) is 5. The molecule has 2 unspecified atom stereocenters. The number of hydrogen-bond donors (Lipinski definition) is 1. The third-order valence-corrected chi connectivity index (χ3v) is 4.39. The third-order valence-electron chi connectivity index (χ3n) is 2.99. The van der Waals surface area contributed by atoms with E-state index in [0.717, 1.165) is 0 Å². The predicted molar refractivity (Wildman–Crippen MR) is 71.4 cm³/mol. The van der Waals surface area contributed by atoms with Crippen molar-refractivity contribution in [2.24, 2.45) is 0 Å². The van der Waals surface area contributed by atoms with Crippen LogP contribution in [0.2, 0.25) is 0 Å². The number of nitro benzene ring substituents is 1. The van der Waals surface area contributed by atoms with Crippen LogP contribution in [0.3, 0.4) is 0 Å². The van der Waals surface area contributed by atoms with Gasteiger partial charge < -0.3 is 5.32 Å². The Morgan fingerprint density at radius 3 is 2.68 bits per heavy atom. The van der Waals surface area contributed by atoms with Gasteiger partial charge in [0.05, 0.1) is 10.7 Å². The first-order chi connectivity index (χ1) is 8.89. The summed E-state index contributed by atoms with van der Waals surface area (Å²) < 4.78 is 22.6. The molecular formula is C12H14N2O4S. The molecule has 1 aliphatic rings. The van der Waals surface area contributed by atoms with Gasteiger partial charge in [0, 0.05) is 29.1 Å². The molecule has 1 aromatic rings. The van der Waals surface area contributed by atoms with Crippen LogP contribution >= 0.6 is 0 Å². The molecule has 0 saturated heterocycles. The second kappa shape index (κ2) is 5.10. The first kappa shape index (κ1) is 13.7. The van der Waals surface area contributed by atoms with Gasteiger partial charge in [0.2, 0.25) is 0 Å². The lowest BCUT2D eigenvalue weighted by Crippen LogP contribution is -2.32. The van der Waals surface area contributed by atoms with Crippen LogP contribution in [0.5, 0.6) is 0 Å². The van der Waals surface area contributed by atoms with E-state index in [2.05, 4.69) is 5.32 Å². The van der Waals surface area contributed by atoms with E-state index < -0.39 is 14.8 Å². The van der Waals surface area contributed by atoms with Crippen molar-refractivity contribution in [3.05, 3.63) is 51.4 Å². The third kappa shape index (κ3) is 3.18. The highest BCUT2D eigenvalue weighted by molar-refractivity contribution is 7.94. The van der Waals surface area contributed by atoms with Gasteiger partial charge in [-0.15, -0.1) is 0 Å². The number of benzene rings is 1. The molecule has 2 atom stereocenters. The maximum Gasteiger partial charge on any atom is 0.274 e. The molecule has 0 saturated carbocycles. The van der Waals surface area contributed by atoms with E-state index in [1.54, 1.807) is 31.2 Å². The summed E-state index contributed by atoms with van der Waals surface area (Å²) in [6.07, 6.45) is 1.57. The Bertz CT molecular complexity index is 624. The highest BCUT2D eigenvalue weighted by Crippen LogP contribution is 2.25. The average molecular weight is 282 g/mol. The van der Waals surface area contributed by atoms with Crippen LogP contribution in [0.15, 0.2) is 35.7 Å². The molecular weight excluding hydrogens is 268 g/mol. The van der Waals surface area contributed by atoms with Crippen molar-refractivity contribution in [2.75, 3.05) is 5.75 Å². The molecule has 0 amide bonds. The molecule has 1 aromatic carbocycles. The molecule has 1 aliphatic heterocycles. The second-order valence-corrected chi connectivity index (χ2v) is 6.40. The average Bonchev–Trinajstić information content (AvgIpc) is 2.68. The summed E-state index contributed by atoms with van der Waals surface area (Å²) in [5.74, 6) is -0.00201.